The summed E-state index contributed by atoms with van der Waals surface area (Å²) in [6.07, 6.45) is 4.92. The normalized spacial score (nSPS) is 14.4. The van der Waals surface area contributed by atoms with E-state index < -0.39 is 17.7 Å². The molecule has 1 aliphatic heterocycles. The Morgan fingerprint density at radius 2 is 2.13 bits per heavy atom. The number of hydrogen-bond acceptors (Lipinski definition) is 6. The van der Waals surface area contributed by atoms with Gasteiger partial charge in [0.25, 0.3) is 0 Å². The number of allylic oxidation sites excluding steroid dienone is 2. The molecular weight excluding hydrogens is 316 g/mol. The number of hydrogen-bond donors (Lipinski definition) is 0. The minimum absolute atomic E-state index is 0.302. The zero-order valence-electron chi connectivity index (χ0n) is 13.7. The first-order valence-corrected chi connectivity index (χ1v) is 8.19. The third-order valence-corrected chi connectivity index (χ3v) is 3.70. The van der Waals surface area contributed by atoms with Gasteiger partial charge in [-0.05, 0) is 33.8 Å². The average molecular weight is 336 g/mol. The Balaban J connectivity index is 2.01. The fourth-order valence-corrected chi connectivity index (χ4v) is 2.63. The van der Waals surface area contributed by atoms with Crippen molar-refractivity contribution in [1.29, 1.82) is 0 Å². The van der Waals surface area contributed by atoms with E-state index in [0.717, 1.165) is 5.57 Å². The van der Waals surface area contributed by atoms with Crippen LogP contribution >= 0.6 is 11.3 Å². The lowest BCUT2D eigenvalue weighted by molar-refractivity contribution is 0.0350. The molecule has 124 valence electrons. The number of rotatable bonds is 3. The molecule has 23 heavy (non-hydrogen) atoms. The highest BCUT2D eigenvalue weighted by Crippen LogP contribution is 2.24. The summed E-state index contributed by atoms with van der Waals surface area (Å²) in [5, 5.41) is 2.38. The quantitative estimate of drug-likeness (QED) is 0.791. The average Bonchev–Trinajstić information content (AvgIpc) is 2.96. The number of amides is 1. The molecule has 0 spiro atoms. The van der Waals surface area contributed by atoms with Crippen LogP contribution in [0.25, 0.3) is 5.57 Å². The topological polar surface area (TPSA) is 68.7 Å². The van der Waals surface area contributed by atoms with Gasteiger partial charge < -0.3 is 9.47 Å². The van der Waals surface area contributed by atoms with Crippen molar-refractivity contribution in [3.8, 4) is 0 Å². The molecule has 0 fully saturated rings. The number of nitrogens with zero attached hydrogens (tertiary/aromatic N) is 2. The Morgan fingerprint density at radius 1 is 1.39 bits per heavy atom. The Labute approximate surface area is 139 Å². The molecule has 2 rings (SSSR count). The molecule has 0 radical (unpaired) electrons. The van der Waals surface area contributed by atoms with E-state index in [1.165, 1.54) is 16.2 Å². The molecule has 0 saturated carbocycles. The van der Waals surface area contributed by atoms with E-state index in [1.54, 1.807) is 24.6 Å². The van der Waals surface area contributed by atoms with E-state index in [1.807, 2.05) is 26.8 Å². The molecule has 1 aromatic rings. The molecule has 7 heteroatoms. The van der Waals surface area contributed by atoms with Crippen molar-refractivity contribution in [2.24, 2.45) is 0 Å². The van der Waals surface area contributed by atoms with Crippen molar-refractivity contribution in [2.45, 2.75) is 33.3 Å². The van der Waals surface area contributed by atoms with Gasteiger partial charge in [-0.3, -0.25) is 4.90 Å². The number of esters is 1. The Bertz CT molecular complexity index is 655. The van der Waals surface area contributed by atoms with E-state index in [9.17, 15) is 9.59 Å². The lowest BCUT2D eigenvalue weighted by Crippen LogP contribution is -2.34. The fourth-order valence-electron chi connectivity index (χ4n) is 1.82. The van der Waals surface area contributed by atoms with Crippen molar-refractivity contribution in [2.75, 3.05) is 13.2 Å². The minimum atomic E-state index is -0.529. The zero-order chi connectivity index (χ0) is 17.0. The highest BCUT2D eigenvalue weighted by molar-refractivity contribution is 7.11. The maximum absolute atomic E-state index is 12.0. The smallest absolute Gasteiger partial charge is 0.414 e. The largest absolute Gasteiger partial charge is 0.461 e. The number of aromatic nitrogens is 1. The van der Waals surface area contributed by atoms with Crippen LogP contribution in [0.5, 0.6) is 0 Å². The molecule has 0 saturated heterocycles. The molecule has 2 heterocycles. The maximum Gasteiger partial charge on any atom is 0.414 e. The standard InChI is InChI=1S/C16H20N2O4S/c1-5-21-14(19)12-10-23-13(17-12)11-6-8-18(9-7-11)15(20)22-16(2,3)4/h6-8,10H,5,9H2,1-4H3. The first-order chi connectivity index (χ1) is 10.8. The van der Waals surface area contributed by atoms with Gasteiger partial charge in [0.2, 0.25) is 0 Å². The van der Waals surface area contributed by atoms with Gasteiger partial charge in [-0.1, -0.05) is 6.08 Å². The Morgan fingerprint density at radius 3 is 2.70 bits per heavy atom. The minimum Gasteiger partial charge on any atom is -0.461 e. The summed E-state index contributed by atoms with van der Waals surface area (Å²) in [6.45, 7) is 7.95. The van der Waals surface area contributed by atoms with E-state index in [0.29, 0.717) is 23.9 Å². The number of carbonyl (C=O) groups is 2. The highest BCUT2D eigenvalue weighted by Gasteiger charge is 2.22. The van der Waals surface area contributed by atoms with Gasteiger partial charge in [0.1, 0.15) is 10.6 Å². The predicted octanol–water partition coefficient (Wildman–Crippen LogP) is 3.47. The summed E-state index contributed by atoms with van der Waals surface area (Å²) in [6, 6.07) is 0. The Hall–Kier alpha value is -2.15. The molecule has 0 N–H and O–H groups in total. The molecule has 0 aromatic carbocycles. The molecule has 1 amide bonds. The van der Waals surface area contributed by atoms with Crippen molar-refractivity contribution in [1.82, 2.24) is 9.88 Å². The molecule has 6 nitrogen and oxygen atoms in total. The van der Waals surface area contributed by atoms with Gasteiger partial charge in [0.05, 0.1) is 6.61 Å². The van der Waals surface area contributed by atoms with Crippen molar-refractivity contribution < 1.29 is 19.1 Å². The molecule has 0 bridgehead atoms. The van der Waals surface area contributed by atoms with Crippen molar-refractivity contribution in [3.63, 3.8) is 0 Å². The third-order valence-electron chi connectivity index (χ3n) is 2.81. The summed E-state index contributed by atoms with van der Waals surface area (Å²) >= 11 is 1.36. The van der Waals surface area contributed by atoms with Gasteiger partial charge in [-0.25, -0.2) is 14.6 Å². The SMILES string of the molecule is CCOC(=O)c1csc(C2=CCN(C(=O)OC(C)(C)C)C=C2)n1. The number of ether oxygens (including phenoxy) is 2. The van der Waals surface area contributed by atoms with Crippen LogP contribution in [0, 0.1) is 0 Å². The first-order valence-electron chi connectivity index (χ1n) is 7.31. The van der Waals surface area contributed by atoms with Crippen LogP contribution < -0.4 is 0 Å². The molecular formula is C16H20N2O4S. The summed E-state index contributed by atoms with van der Waals surface area (Å²) in [4.78, 5) is 29.4. The summed E-state index contributed by atoms with van der Waals surface area (Å²) < 4.78 is 10.2. The molecule has 0 unspecified atom stereocenters. The lowest BCUT2D eigenvalue weighted by atomic mass is 10.2. The summed E-state index contributed by atoms with van der Waals surface area (Å²) in [5.41, 5.74) is 0.639. The van der Waals surface area contributed by atoms with Gasteiger partial charge in [-0.2, -0.15) is 0 Å². The van der Waals surface area contributed by atoms with E-state index in [2.05, 4.69) is 4.98 Å². The van der Waals surface area contributed by atoms with Crippen LogP contribution in [0.4, 0.5) is 4.79 Å². The first kappa shape index (κ1) is 17.2. The lowest BCUT2D eigenvalue weighted by Gasteiger charge is -2.25. The van der Waals surface area contributed by atoms with Gasteiger partial charge >= 0.3 is 12.1 Å². The van der Waals surface area contributed by atoms with Crippen LogP contribution in [0.1, 0.15) is 43.2 Å². The summed E-state index contributed by atoms with van der Waals surface area (Å²) in [7, 11) is 0. The molecule has 1 aliphatic rings. The van der Waals surface area contributed by atoms with Crippen LogP contribution in [0.2, 0.25) is 0 Å². The second-order valence-electron chi connectivity index (χ2n) is 5.87. The molecule has 1 aromatic heterocycles. The molecule has 0 aliphatic carbocycles. The monoisotopic (exact) mass is 336 g/mol. The fraction of sp³-hybridized carbons (Fsp3) is 0.438. The van der Waals surface area contributed by atoms with Crippen LogP contribution in [0.15, 0.2) is 23.7 Å². The summed E-state index contributed by atoms with van der Waals surface area (Å²) in [5.74, 6) is -0.425. The molecule has 0 atom stereocenters. The zero-order valence-corrected chi connectivity index (χ0v) is 14.5. The maximum atomic E-state index is 12.0. The van der Waals surface area contributed by atoms with E-state index >= 15 is 0 Å². The Kier molecular flexibility index (Phi) is 5.20. The van der Waals surface area contributed by atoms with Crippen LogP contribution in [-0.4, -0.2) is 40.7 Å². The van der Waals surface area contributed by atoms with Gasteiger partial charge in [0, 0.05) is 23.7 Å². The van der Waals surface area contributed by atoms with Gasteiger partial charge in [-0.15, -0.1) is 11.3 Å². The van der Waals surface area contributed by atoms with E-state index in [4.69, 9.17) is 9.47 Å². The number of thiazole rings is 1. The van der Waals surface area contributed by atoms with Gasteiger partial charge in [0.15, 0.2) is 5.69 Å². The highest BCUT2D eigenvalue weighted by atomic mass is 32.1. The van der Waals surface area contributed by atoms with E-state index in [-0.39, 0.29) is 0 Å². The van der Waals surface area contributed by atoms with Crippen LogP contribution in [-0.2, 0) is 9.47 Å². The van der Waals surface area contributed by atoms with Crippen LogP contribution in [0.3, 0.4) is 0 Å². The number of carbonyl (C=O) groups excluding carboxylic acids is 2. The second kappa shape index (κ2) is 6.95. The predicted molar refractivity (Wildman–Crippen MR) is 88.1 cm³/mol. The second-order valence-corrected chi connectivity index (χ2v) is 6.72. The van der Waals surface area contributed by atoms with Crippen molar-refractivity contribution >= 4 is 29.0 Å². The third kappa shape index (κ3) is 4.66. The van der Waals surface area contributed by atoms with Crippen molar-refractivity contribution in [3.05, 3.63) is 34.4 Å².